The van der Waals surface area contributed by atoms with Crippen LogP contribution < -0.4 is 9.64 Å². The first kappa shape index (κ1) is 22.1. The predicted octanol–water partition coefficient (Wildman–Crippen LogP) is 1.62. The van der Waals surface area contributed by atoms with Gasteiger partial charge in [0.15, 0.2) is 0 Å². The van der Waals surface area contributed by atoms with Gasteiger partial charge in [-0.3, -0.25) is 14.6 Å². The van der Waals surface area contributed by atoms with Crippen molar-refractivity contribution in [2.45, 2.75) is 6.04 Å². The van der Waals surface area contributed by atoms with Crippen LogP contribution >= 0.6 is 0 Å². The van der Waals surface area contributed by atoms with E-state index < -0.39 is 0 Å². The standard InChI is InChI=1S/C24H30N6O2/c1-32-21-7-5-20(6-8-21)22(18-25)28-14-16-30(17-15-28)24(31)19-27-10-12-29(13-11-27)23-4-2-3-9-26-23/h2-9,22H,10-17,19H2,1H3. The number of amides is 1. The number of hydrogen-bond donors (Lipinski definition) is 0. The van der Waals surface area contributed by atoms with Crippen molar-refractivity contribution in [3.63, 3.8) is 0 Å². The van der Waals surface area contributed by atoms with Gasteiger partial charge in [-0.15, -0.1) is 0 Å². The molecule has 3 heterocycles. The summed E-state index contributed by atoms with van der Waals surface area (Å²) in [5.74, 6) is 1.95. The number of pyridine rings is 1. The monoisotopic (exact) mass is 434 g/mol. The fourth-order valence-electron chi connectivity index (χ4n) is 4.35. The van der Waals surface area contributed by atoms with Gasteiger partial charge in [0.05, 0.1) is 19.7 Å². The Labute approximate surface area is 189 Å². The molecule has 1 aromatic carbocycles. The number of rotatable bonds is 6. The zero-order valence-corrected chi connectivity index (χ0v) is 18.6. The first-order chi connectivity index (χ1) is 15.7. The van der Waals surface area contributed by atoms with Gasteiger partial charge in [-0.2, -0.15) is 5.26 Å². The van der Waals surface area contributed by atoms with Crippen LogP contribution in [0, 0.1) is 11.3 Å². The van der Waals surface area contributed by atoms with Crippen molar-refractivity contribution in [2.75, 3.05) is 70.9 Å². The van der Waals surface area contributed by atoms with E-state index in [1.165, 1.54) is 0 Å². The average Bonchev–Trinajstić information content (AvgIpc) is 2.86. The van der Waals surface area contributed by atoms with Crippen LogP contribution in [0.15, 0.2) is 48.7 Å². The molecular formula is C24H30N6O2. The van der Waals surface area contributed by atoms with E-state index >= 15 is 0 Å². The highest BCUT2D eigenvalue weighted by atomic mass is 16.5. The Morgan fingerprint density at radius 3 is 2.34 bits per heavy atom. The number of piperazine rings is 2. The van der Waals surface area contributed by atoms with Crippen LogP contribution in [-0.2, 0) is 4.79 Å². The van der Waals surface area contributed by atoms with Crippen molar-refractivity contribution in [1.82, 2.24) is 19.7 Å². The van der Waals surface area contributed by atoms with Crippen LogP contribution in [0.2, 0.25) is 0 Å². The SMILES string of the molecule is COc1ccc(C(C#N)N2CCN(C(=O)CN3CCN(c4ccccn4)CC3)CC2)cc1. The molecule has 8 nitrogen and oxygen atoms in total. The molecule has 1 atom stereocenters. The molecule has 0 radical (unpaired) electrons. The molecule has 8 heteroatoms. The summed E-state index contributed by atoms with van der Waals surface area (Å²) in [6.45, 7) is 6.63. The number of carbonyl (C=O) groups excluding carboxylic acids is 1. The van der Waals surface area contributed by atoms with E-state index in [2.05, 4.69) is 25.8 Å². The Morgan fingerprint density at radius 1 is 1.03 bits per heavy atom. The van der Waals surface area contributed by atoms with E-state index in [0.717, 1.165) is 43.3 Å². The highest BCUT2D eigenvalue weighted by molar-refractivity contribution is 5.78. The molecule has 1 unspecified atom stereocenters. The van der Waals surface area contributed by atoms with Gasteiger partial charge < -0.3 is 14.5 Å². The van der Waals surface area contributed by atoms with Gasteiger partial charge in [0.2, 0.25) is 5.91 Å². The van der Waals surface area contributed by atoms with Gasteiger partial charge >= 0.3 is 0 Å². The van der Waals surface area contributed by atoms with Crippen LogP contribution in [-0.4, -0.2) is 91.6 Å². The smallest absolute Gasteiger partial charge is 0.236 e. The highest BCUT2D eigenvalue weighted by Gasteiger charge is 2.28. The molecule has 168 valence electrons. The number of anilines is 1. The second-order valence-electron chi connectivity index (χ2n) is 8.17. The summed E-state index contributed by atoms with van der Waals surface area (Å²) in [7, 11) is 1.63. The minimum Gasteiger partial charge on any atom is -0.497 e. The number of aromatic nitrogens is 1. The normalized spacial score (nSPS) is 18.8. The van der Waals surface area contributed by atoms with Crippen molar-refractivity contribution in [3.8, 4) is 11.8 Å². The maximum atomic E-state index is 12.9. The van der Waals surface area contributed by atoms with Crippen LogP contribution in [0.4, 0.5) is 5.82 Å². The first-order valence-electron chi connectivity index (χ1n) is 11.1. The van der Waals surface area contributed by atoms with Gasteiger partial charge in [0.25, 0.3) is 0 Å². The maximum absolute atomic E-state index is 12.9. The van der Waals surface area contributed by atoms with Gasteiger partial charge in [0, 0.05) is 58.6 Å². The van der Waals surface area contributed by atoms with Crippen molar-refractivity contribution >= 4 is 11.7 Å². The maximum Gasteiger partial charge on any atom is 0.236 e. The lowest BCUT2D eigenvalue weighted by Gasteiger charge is -2.39. The molecule has 1 aromatic heterocycles. The Bertz CT molecular complexity index is 914. The third-order valence-electron chi connectivity index (χ3n) is 6.29. The van der Waals surface area contributed by atoms with E-state index in [1.54, 1.807) is 7.11 Å². The summed E-state index contributed by atoms with van der Waals surface area (Å²) in [5.41, 5.74) is 0.957. The van der Waals surface area contributed by atoms with Crippen LogP contribution in [0.25, 0.3) is 0 Å². The van der Waals surface area contributed by atoms with Crippen LogP contribution in [0.3, 0.4) is 0 Å². The molecule has 0 aliphatic carbocycles. The van der Waals surface area contributed by atoms with Gasteiger partial charge in [0.1, 0.15) is 17.6 Å². The van der Waals surface area contributed by atoms with E-state index in [9.17, 15) is 10.1 Å². The predicted molar refractivity (Wildman–Crippen MR) is 122 cm³/mol. The molecule has 4 rings (SSSR count). The summed E-state index contributed by atoms with van der Waals surface area (Å²) in [5, 5.41) is 9.73. The zero-order valence-electron chi connectivity index (χ0n) is 18.6. The van der Waals surface area contributed by atoms with Crippen LogP contribution in [0.1, 0.15) is 11.6 Å². The first-order valence-corrected chi connectivity index (χ1v) is 11.1. The van der Waals surface area contributed by atoms with Crippen molar-refractivity contribution < 1.29 is 9.53 Å². The van der Waals surface area contributed by atoms with Crippen molar-refractivity contribution in [1.29, 1.82) is 5.26 Å². The largest absolute Gasteiger partial charge is 0.497 e. The van der Waals surface area contributed by atoms with Gasteiger partial charge in [-0.1, -0.05) is 18.2 Å². The number of benzene rings is 1. The Kier molecular flexibility index (Phi) is 7.20. The fourth-order valence-corrected chi connectivity index (χ4v) is 4.35. The quantitative estimate of drug-likeness (QED) is 0.684. The van der Waals surface area contributed by atoms with E-state index in [0.29, 0.717) is 32.7 Å². The molecule has 2 aliphatic heterocycles. The summed E-state index contributed by atoms with van der Waals surface area (Å²) >= 11 is 0. The molecule has 2 fully saturated rings. The molecule has 2 saturated heterocycles. The van der Waals surface area contributed by atoms with Gasteiger partial charge in [-0.25, -0.2) is 4.98 Å². The number of hydrogen-bond acceptors (Lipinski definition) is 7. The lowest BCUT2D eigenvalue weighted by Crippen LogP contribution is -2.54. The van der Waals surface area contributed by atoms with E-state index in [-0.39, 0.29) is 11.9 Å². The number of nitriles is 1. The lowest BCUT2D eigenvalue weighted by molar-refractivity contribution is -0.134. The summed E-state index contributed by atoms with van der Waals surface area (Å²) in [4.78, 5) is 25.9. The average molecular weight is 435 g/mol. The van der Waals surface area contributed by atoms with E-state index in [1.807, 2.05) is 53.6 Å². The molecule has 0 N–H and O–H groups in total. The van der Waals surface area contributed by atoms with Crippen molar-refractivity contribution in [3.05, 3.63) is 54.2 Å². The Hall–Kier alpha value is -3.15. The van der Waals surface area contributed by atoms with Crippen LogP contribution in [0.5, 0.6) is 5.75 Å². The minimum absolute atomic E-state index is 0.175. The van der Waals surface area contributed by atoms with Gasteiger partial charge in [-0.05, 0) is 29.8 Å². The summed E-state index contributed by atoms with van der Waals surface area (Å²) < 4.78 is 5.21. The molecule has 32 heavy (non-hydrogen) atoms. The van der Waals surface area contributed by atoms with E-state index in [4.69, 9.17) is 4.74 Å². The Balaban J connectivity index is 1.24. The third-order valence-corrected chi connectivity index (χ3v) is 6.29. The number of methoxy groups -OCH3 is 1. The molecule has 1 amide bonds. The Morgan fingerprint density at radius 2 is 1.75 bits per heavy atom. The number of ether oxygens (including phenoxy) is 1. The topological polar surface area (TPSA) is 75.9 Å². The molecule has 0 bridgehead atoms. The third kappa shape index (κ3) is 5.18. The highest BCUT2D eigenvalue weighted by Crippen LogP contribution is 2.24. The fraction of sp³-hybridized carbons (Fsp3) is 0.458. The molecule has 0 saturated carbocycles. The number of carbonyl (C=O) groups is 1. The second-order valence-corrected chi connectivity index (χ2v) is 8.17. The zero-order chi connectivity index (χ0) is 22.3. The minimum atomic E-state index is -0.308. The van der Waals surface area contributed by atoms with Crippen molar-refractivity contribution in [2.24, 2.45) is 0 Å². The number of nitrogens with zero attached hydrogens (tertiary/aromatic N) is 6. The molecular weight excluding hydrogens is 404 g/mol. The molecule has 2 aromatic rings. The lowest BCUT2D eigenvalue weighted by atomic mass is 10.1. The molecule has 2 aliphatic rings. The molecule has 0 spiro atoms. The summed E-state index contributed by atoms with van der Waals surface area (Å²) in [6, 6.07) is 15.7. The summed E-state index contributed by atoms with van der Waals surface area (Å²) in [6.07, 6.45) is 1.82. The second kappa shape index (κ2) is 10.4.